The SMILES string of the molecule is CCOC[C@@H]1[C@H]2CN(Cc3ccc(OC)cc3OC)C(C)[C@@]12c1ccc(Cl)c(Cl)c1. The molecular weight excluding hydrogens is 421 g/mol. The summed E-state index contributed by atoms with van der Waals surface area (Å²) < 4.78 is 16.8. The molecule has 0 bridgehead atoms. The molecule has 4 rings (SSSR count). The summed E-state index contributed by atoms with van der Waals surface area (Å²) in [5.74, 6) is 2.70. The minimum absolute atomic E-state index is 0.0447. The lowest BCUT2D eigenvalue weighted by Crippen LogP contribution is -2.39. The molecule has 6 heteroatoms. The summed E-state index contributed by atoms with van der Waals surface area (Å²) in [6, 6.07) is 12.5. The smallest absolute Gasteiger partial charge is 0.127 e. The normalized spacial score (nSPS) is 27.7. The number of halogens is 2. The molecule has 4 atom stereocenters. The van der Waals surface area contributed by atoms with Gasteiger partial charge in [0.2, 0.25) is 0 Å². The van der Waals surface area contributed by atoms with Gasteiger partial charge in [-0.1, -0.05) is 35.3 Å². The van der Waals surface area contributed by atoms with Gasteiger partial charge in [-0.3, -0.25) is 4.90 Å². The number of nitrogens with zero attached hydrogens (tertiary/aromatic N) is 1. The first-order chi connectivity index (χ1) is 14.5. The molecule has 1 aliphatic carbocycles. The molecule has 4 nitrogen and oxygen atoms in total. The molecule has 0 N–H and O–H groups in total. The second-order valence-electron chi connectivity index (χ2n) is 8.22. The Morgan fingerprint density at radius 1 is 1.07 bits per heavy atom. The van der Waals surface area contributed by atoms with Crippen molar-refractivity contribution >= 4 is 23.2 Å². The summed E-state index contributed by atoms with van der Waals surface area (Å²) in [6.07, 6.45) is 0. The maximum absolute atomic E-state index is 6.40. The molecule has 162 valence electrons. The zero-order valence-corrected chi connectivity index (χ0v) is 19.5. The van der Waals surface area contributed by atoms with Crippen molar-refractivity contribution in [1.29, 1.82) is 0 Å². The Hall–Kier alpha value is -1.46. The topological polar surface area (TPSA) is 30.9 Å². The Labute approximate surface area is 189 Å². The second-order valence-corrected chi connectivity index (χ2v) is 9.03. The first-order valence-electron chi connectivity index (χ1n) is 10.5. The highest BCUT2D eigenvalue weighted by atomic mass is 35.5. The van der Waals surface area contributed by atoms with Gasteiger partial charge in [0.1, 0.15) is 11.5 Å². The van der Waals surface area contributed by atoms with E-state index in [-0.39, 0.29) is 5.41 Å². The summed E-state index contributed by atoms with van der Waals surface area (Å²) in [5, 5.41) is 1.22. The number of methoxy groups -OCH3 is 2. The number of hydrogen-bond acceptors (Lipinski definition) is 4. The molecule has 30 heavy (non-hydrogen) atoms. The molecule has 0 aromatic heterocycles. The van der Waals surface area contributed by atoms with Crippen LogP contribution in [0.2, 0.25) is 10.0 Å². The summed E-state index contributed by atoms with van der Waals surface area (Å²) in [4.78, 5) is 2.54. The van der Waals surface area contributed by atoms with Gasteiger partial charge in [0.05, 0.1) is 30.9 Å². The fourth-order valence-corrected chi connectivity index (χ4v) is 5.81. The van der Waals surface area contributed by atoms with E-state index in [1.165, 1.54) is 5.56 Å². The largest absolute Gasteiger partial charge is 0.497 e. The number of benzene rings is 2. The van der Waals surface area contributed by atoms with Crippen LogP contribution in [0.4, 0.5) is 0 Å². The average Bonchev–Trinajstić information content (AvgIpc) is 3.30. The van der Waals surface area contributed by atoms with E-state index in [1.54, 1.807) is 14.2 Å². The van der Waals surface area contributed by atoms with Crippen LogP contribution in [-0.4, -0.2) is 44.9 Å². The van der Waals surface area contributed by atoms with Crippen molar-refractivity contribution in [2.24, 2.45) is 11.8 Å². The lowest BCUT2D eigenvalue weighted by Gasteiger charge is -2.32. The summed E-state index contributed by atoms with van der Waals surface area (Å²) in [5.41, 5.74) is 2.48. The van der Waals surface area contributed by atoms with E-state index in [0.717, 1.165) is 43.4 Å². The van der Waals surface area contributed by atoms with Crippen molar-refractivity contribution in [1.82, 2.24) is 4.90 Å². The fourth-order valence-electron chi connectivity index (χ4n) is 5.51. The summed E-state index contributed by atoms with van der Waals surface area (Å²) >= 11 is 12.6. The molecular formula is C24H29Cl2NO3. The van der Waals surface area contributed by atoms with E-state index in [1.807, 2.05) is 18.2 Å². The van der Waals surface area contributed by atoms with Crippen LogP contribution >= 0.6 is 23.2 Å². The standard InChI is InChI=1S/C24H29Cl2NO3/c1-5-30-14-20-19-13-27(12-16-6-8-18(28-3)11-23(16)29-4)15(2)24(19,20)17-7-9-21(25)22(26)10-17/h6-11,15,19-20H,5,12-14H2,1-4H3/t15?,19-,20-,24+/m1/s1. The molecule has 2 fully saturated rings. The monoisotopic (exact) mass is 449 g/mol. The molecule has 1 aliphatic heterocycles. The van der Waals surface area contributed by atoms with Gasteiger partial charge in [0, 0.05) is 42.8 Å². The number of hydrogen-bond donors (Lipinski definition) is 0. The van der Waals surface area contributed by atoms with Crippen LogP contribution in [0.3, 0.4) is 0 Å². The molecule has 0 amide bonds. The van der Waals surface area contributed by atoms with Crippen LogP contribution in [0.25, 0.3) is 0 Å². The van der Waals surface area contributed by atoms with Crippen molar-refractivity contribution < 1.29 is 14.2 Å². The van der Waals surface area contributed by atoms with Crippen LogP contribution in [-0.2, 0) is 16.7 Å². The van der Waals surface area contributed by atoms with Crippen LogP contribution in [0.15, 0.2) is 36.4 Å². The number of fused-ring (bicyclic) bond motifs is 1. The van der Waals surface area contributed by atoms with Crippen molar-refractivity contribution in [3.05, 3.63) is 57.6 Å². The third-order valence-corrected chi connectivity index (χ3v) is 7.80. The van der Waals surface area contributed by atoms with Crippen LogP contribution in [0, 0.1) is 11.8 Å². The average molecular weight is 450 g/mol. The lowest BCUT2D eigenvalue weighted by atomic mass is 9.86. The highest BCUT2D eigenvalue weighted by Gasteiger charge is 2.72. The Balaban J connectivity index is 1.62. The van der Waals surface area contributed by atoms with Gasteiger partial charge < -0.3 is 14.2 Å². The molecule has 0 spiro atoms. The fraction of sp³-hybridized carbons (Fsp3) is 0.500. The molecule has 1 unspecified atom stereocenters. The Morgan fingerprint density at radius 3 is 2.53 bits per heavy atom. The van der Waals surface area contributed by atoms with Gasteiger partial charge in [-0.2, -0.15) is 0 Å². The molecule has 2 aromatic rings. The first kappa shape index (κ1) is 21.8. The Morgan fingerprint density at radius 2 is 1.87 bits per heavy atom. The van der Waals surface area contributed by atoms with Crippen molar-refractivity contribution in [2.45, 2.75) is 31.8 Å². The van der Waals surface area contributed by atoms with Gasteiger partial charge in [-0.05, 0) is 49.4 Å². The van der Waals surface area contributed by atoms with Crippen molar-refractivity contribution in [3.8, 4) is 11.5 Å². The van der Waals surface area contributed by atoms with E-state index < -0.39 is 0 Å². The molecule has 1 saturated heterocycles. The third kappa shape index (κ3) is 3.48. The van der Waals surface area contributed by atoms with Crippen LogP contribution in [0.1, 0.15) is 25.0 Å². The van der Waals surface area contributed by atoms with E-state index in [9.17, 15) is 0 Å². The van der Waals surface area contributed by atoms with Crippen LogP contribution < -0.4 is 9.47 Å². The highest BCUT2D eigenvalue weighted by Crippen LogP contribution is 2.67. The number of rotatable bonds is 8. The zero-order chi connectivity index (χ0) is 21.5. The van der Waals surface area contributed by atoms with Crippen LogP contribution in [0.5, 0.6) is 11.5 Å². The van der Waals surface area contributed by atoms with Gasteiger partial charge in [-0.15, -0.1) is 0 Å². The molecule has 1 heterocycles. The predicted molar refractivity (Wildman–Crippen MR) is 121 cm³/mol. The predicted octanol–water partition coefficient (Wildman–Crippen LogP) is 5.44. The zero-order valence-electron chi connectivity index (χ0n) is 18.0. The second kappa shape index (κ2) is 8.58. The van der Waals surface area contributed by atoms with E-state index in [0.29, 0.717) is 27.9 Å². The maximum atomic E-state index is 6.40. The van der Waals surface area contributed by atoms with E-state index in [4.69, 9.17) is 37.4 Å². The van der Waals surface area contributed by atoms with E-state index >= 15 is 0 Å². The van der Waals surface area contributed by atoms with Gasteiger partial charge >= 0.3 is 0 Å². The quantitative estimate of drug-likeness (QED) is 0.536. The van der Waals surface area contributed by atoms with Crippen molar-refractivity contribution in [3.63, 3.8) is 0 Å². The molecule has 2 aromatic carbocycles. The van der Waals surface area contributed by atoms with E-state index in [2.05, 4.69) is 36.9 Å². The molecule has 1 saturated carbocycles. The first-order valence-corrected chi connectivity index (χ1v) is 11.2. The summed E-state index contributed by atoms with van der Waals surface area (Å²) in [7, 11) is 3.38. The van der Waals surface area contributed by atoms with Gasteiger partial charge in [0.15, 0.2) is 0 Å². The van der Waals surface area contributed by atoms with Gasteiger partial charge in [0.25, 0.3) is 0 Å². The van der Waals surface area contributed by atoms with Gasteiger partial charge in [-0.25, -0.2) is 0 Å². The Bertz CT molecular complexity index is 921. The summed E-state index contributed by atoms with van der Waals surface area (Å²) in [6.45, 7) is 7.75. The molecule has 2 aliphatic rings. The minimum atomic E-state index is 0.0447. The van der Waals surface area contributed by atoms with Crippen molar-refractivity contribution in [2.75, 3.05) is 34.0 Å². The Kier molecular flexibility index (Phi) is 6.23. The lowest BCUT2D eigenvalue weighted by molar-refractivity contribution is 0.105. The molecule has 0 radical (unpaired) electrons. The third-order valence-electron chi connectivity index (χ3n) is 7.06. The number of likely N-dealkylation sites (tertiary alicyclic amines) is 1. The highest BCUT2D eigenvalue weighted by molar-refractivity contribution is 6.42. The number of ether oxygens (including phenoxy) is 3. The minimum Gasteiger partial charge on any atom is -0.497 e. The number of piperidine rings is 1. The maximum Gasteiger partial charge on any atom is 0.127 e.